The van der Waals surface area contributed by atoms with Crippen LogP contribution in [0.3, 0.4) is 0 Å². The molecule has 0 unspecified atom stereocenters. The zero-order valence-electron chi connectivity index (χ0n) is 10.0. The Morgan fingerprint density at radius 2 is 2.19 bits per heavy atom. The molecule has 5 nitrogen and oxygen atoms in total. The Bertz CT molecular complexity index is 348. The summed E-state index contributed by atoms with van der Waals surface area (Å²) in [6.45, 7) is 3.83. The van der Waals surface area contributed by atoms with Gasteiger partial charge in [-0.05, 0) is 12.8 Å². The Balaban J connectivity index is 2.76. The highest BCUT2D eigenvalue weighted by atomic mass is 16.3. The van der Waals surface area contributed by atoms with E-state index >= 15 is 0 Å². The number of amides is 1. The topological polar surface area (TPSA) is 67.2 Å². The fraction of sp³-hybridized carbons (Fsp3) is 0.636. The fourth-order valence-corrected chi connectivity index (χ4v) is 1.52. The summed E-state index contributed by atoms with van der Waals surface area (Å²) in [5.74, 6) is -0.238. The first-order chi connectivity index (χ1) is 7.56. The molecule has 0 atom stereocenters. The summed E-state index contributed by atoms with van der Waals surface area (Å²) in [5.41, 5.74) is -0.156. The number of aryl methyl sites for hydroxylation is 1. The molecular weight excluding hydrogens is 206 g/mol. The summed E-state index contributed by atoms with van der Waals surface area (Å²) in [5, 5.41) is 12.2. The van der Waals surface area contributed by atoms with Crippen LogP contribution in [0.15, 0.2) is 12.5 Å². The van der Waals surface area contributed by atoms with Crippen molar-refractivity contribution in [2.24, 2.45) is 7.05 Å². The molecule has 2 N–H and O–H groups in total. The smallest absolute Gasteiger partial charge is 0.271 e. The van der Waals surface area contributed by atoms with Gasteiger partial charge < -0.3 is 15.0 Å². The lowest BCUT2D eigenvalue weighted by Crippen LogP contribution is -2.50. The first-order valence-electron chi connectivity index (χ1n) is 5.48. The number of carbonyl (C=O) groups excluding carboxylic acids is 1. The molecule has 0 spiro atoms. The predicted octanol–water partition coefficient (Wildman–Crippen LogP) is 0.701. The molecule has 90 valence electrons. The molecule has 1 rings (SSSR count). The summed E-state index contributed by atoms with van der Waals surface area (Å²) < 4.78 is 1.72. The van der Waals surface area contributed by atoms with Gasteiger partial charge in [0.1, 0.15) is 5.69 Å². The van der Waals surface area contributed by atoms with E-state index in [0.29, 0.717) is 18.5 Å². The van der Waals surface area contributed by atoms with Gasteiger partial charge in [-0.25, -0.2) is 4.98 Å². The van der Waals surface area contributed by atoms with Crippen LogP contribution in [0, 0.1) is 0 Å². The van der Waals surface area contributed by atoms with Gasteiger partial charge in [-0.1, -0.05) is 13.8 Å². The molecule has 0 saturated carbocycles. The summed E-state index contributed by atoms with van der Waals surface area (Å²) in [4.78, 5) is 15.8. The van der Waals surface area contributed by atoms with Crippen molar-refractivity contribution < 1.29 is 9.90 Å². The maximum Gasteiger partial charge on any atom is 0.271 e. The zero-order valence-corrected chi connectivity index (χ0v) is 10.0. The molecule has 16 heavy (non-hydrogen) atoms. The number of carbonyl (C=O) groups is 1. The van der Waals surface area contributed by atoms with Crippen molar-refractivity contribution in [3.63, 3.8) is 0 Å². The highest BCUT2D eigenvalue weighted by molar-refractivity contribution is 5.92. The molecule has 1 aromatic rings. The van der Waals surface area contributed by atoms with Gasteiger partial charge >= 0.3 is 0 Å². The van der Waals surface area contributed by atoms with Crippen molar-refractivity contribution in [3.05, 3.63) is 18.2 Å². The van der Waals surface area contributed by atoms with Crippen LogP contribution in [0.1, 0.15) is 37.2 Å². The SMILES string of the molecule is CCC(CC)(CO)NC(=O)c1cn(C)cn1. The second kappa shape index (κ2) is 5.12. The largest absolute Gasteiger partial charge is 0.394 e. The molecule has 5 heteroatoms. The quantitative estimate of drug-likeness (QED) is 0.775. The van der Waals surface area contributed by atoms with E-state index in [-0.39, 0.29) is 12.5 Å². The number of nitrogens with one attached hydrogen (secondary N) is 1. The van der Waals surface area contributed by atoms with Gasteiger partial charge in [0, 0.05) is 13.2 Å². The first kappa shape index (κ1) is 12.7. The number of hydrogen-bond acceptors (Lipinski definition) is 3. The molecule has 0 aliphatic heterocycles. The molecule has 1 aromatic heterocycles. The minimum atomic E-state index is -0.533. The number of nitrogens with zero attached hydrogens (tertiary/aromatic N) is 2. The number of hydrogen-bond donors (Lipinski definition) is 2. The van der Waals surface area contributed by atoms with E-state index in [9.17, 15) is 9.90 Å². The van der Waals surface area contributed by atoms with Crippen molar-refractivity contribution in [2.45, 2.75) is 32.2 Å². The van der Waals surface area contributed by atoms with Gasteiger partial charge in [0.05, 0.1) is 18.5 Å². The number of rotatable bonds is 5. The van der Waals surface area contributed by atoms with E-state index < -0.39 is 5.54 Å². The van der Waals surface area contributed by atoms with Crippen molar-refractivity contribution >= 4 is 5.91 Å². The molecule has 0 saturated heterocycles. The van der Waals surface area contributed by atoms with Crippen LogP contribution >= 0.6 is 0 Å². The lowest BCUT2D eigenvalue weighted by atomic mass is 9.94. The second-order valence-corrected chi connectivity index (χ2v) is 4.02. The van der Waals surface area contributed by atoms with Gasteiger partial charge in [0.2, 0.25) is 0 Å². The monoisotopic (exact) mass is 225 g/mol. The fourth-order valence-electron chi connectivity index (χ4n) is 1.52. The van der Waals surface area contributed by atoms with E-state index in [1.807, 2.05) is 20.9 Å². The minimum absolute atomic E-state index is 0.0570. The second-order valence-electron chi connectivity index (χ2n) is 4.02. The lowest BCUT2D eigenvalue weighted by molar-refractivity contribution is 0.0813. The molecule has 1 amide bonds. The van der Waals surface area contributed by atoms with Crippen LogP contribution in [0.2, 0.25) is 0 Å². The molecule has 0 aromatic carbocycles. The highest BCUT2D eigenvalue weighted by Gasteiger charge is 2.28. The third-order valence-electron chi connectivity index (χ3n) is 2.97. The van der Waals surface area contributed by atoms with Gasteiger partial charge in [0.25, 0.3) is 5.91 Å². The molecule has 0 aliphatic carbocycles. The summed E-state index contributed by atoms with van der Waals surface area (Å²) >= 11 is 0. The van der Waals surface area contributed by atoms with Crippen LogP contribution in [0.5, 0.6) is 0 Å². The Labute approximate surface area is 95.5 Å². The van der Waals surface area contributed by atoms with Crippen LogP contribution in [0.25, 0.3) is 0 Å². The van der Waals surface area contributed by atoms with Crippen molar-refractivity contribution in [1.82, 2.24) is 14.9 Å². The van der Waals surface area contributed by atoms with Gasteiger partial charge in [-0.15, -0.1) is 0 Å². The van der Waals surface area contributed by atoms with Gasteiger partial charge in [-0.2, -0.15) is 0 Å². The number of aromatic nitrogens is 2. The average molecular weight is 225 g/mol. The Morgan fingerprint density at radius 1 is 1.56 bits per heavy atom. The summed E-state index contributed by atoms with van der Waals surface area (Å²) in [6, 6.07) is 0. The third kappa shape index (κ3) is 2.61. The highest BCUT2D eigenvalue weighted by Crippen LogP contribution is 2.14. The van der Waals surface area contributed by atoms with Gasteiger partial charge in [-0.3, -0.25) is 4.79 Å². The lowest BCUT2D eigenvalue weighted by Gasteiger charge is -2.30. The van der Waals surface area contributed by atoms with E-state index in [1.54, 1.807) is 17.1 Å². The van der Waals surface area contributed by atoms with Gasteiger partial charge in [0.15, 0.2) is 0 Å². The van der Waals surface area contributed by atoms with E-state index in [2.05, 4.69) is 10.3 Å². The molecule has 1 heterocycles. The van der Waals surface area contributed by atoms with E-state index in [1.165, 1.54) is 0 Å². The Kier molecular flexibility index (Phi) is 4.06. The Hall–Kier alpha value is -1.36. The van der Waals surface area contributed by atoms with Crippen LogP contribution < -0.4 is 5.32 Å². The molecule has 0 fully saturated rings. The summed E-state index contributed by atoms with van der Waals surface area (Å²) in [7, 11) is 1.81. The van der Waals surface area contributed by atoms with E-state index in [0.717, 1.165) is 0 Å². The van der Waals surface area contributed by atoms with Crippen LogP contribution in [0.4, 0.5) is 0 Å². The first-order valence-corrected chi connectivity index (χ1v) is 5.48. The molecular formula is C11H19N3O2. The van der Waals surface area contributed by atoms with Crippen molar-refractivity contribution in [2.75, 3.05) is 6.61 Å². The zero-order chi connectivity index (χ0) is 12.2. The van der Waals surface area contributed by atoms with Crippen LogP contribution in [-0.2, 0) is 7.05 Å². The molecule has 0 aliphatic rings. The van der Waals surface area contributed by atoms with Crippen LogP contribution in [-0.4, -0.2) is 32.7 Å². The standard InChI is InChI=1S/C11H19N3O2/c1-4-11(5-2,7-15)13-10(16)9-6-14(3)8-12-9/h6,8,15H,4-5,7H2,1-3H3,(H,13,16). The maximum atomic E-state index is 11.9. The van der Waals surface area contributed by atoms with E-state index in [4.69, 9.17) is 0 Å². The average Bonchev–Trinajstić information content (AvgIpc) is 2.73. The minimum Gasteiger partial charge on any atom is -0.394 e. The normalized spacial score (nSPS) is 11.5. The number of aliphatic hydroxyl groups is 1. The number of aliphatic hydroxyl groups excluding tert-OH is 1. The maximum absolute atomic E-state index is 11.9. The molecule has 0 bridgehead atoms. The third-order valence-corrected chi connectivity index (χ3v) is 2.97. The number of imidazole rings is 1. The predicted molar refractivity (Wildman–Crippen MR) is 61.1 cm³/mol. The van der Waals surface area contributed by atoms with Crippen molar-refractivity contribution in [1.29, 1.82) is 0 Å². The molecule has 0 radical (unpaired) electrons. The van der Waals surface area contributed by atoms with Crippen molar-refractivity contribution in [3.8, 4) is 0 Å². The summed E-state index contributed by atoms with van der Waals surface area (Å²) in [6.07, 6.45) is 4.62. The Morgan fingerprint density at radius 3 is 2.56 bits per heavy atom.